The number of ether oxygens (including phenoxy) is 4. The summed E-state index contributed by atoms with van der Waals surface area (Å²) in [5, 5.41) is 7.53. The van der Waals surface area contributed by atoms with E-state index in [0.29, 0.717) is 50.9 Å². The first-order valence-electron chi connectivity index (χ1n) is 22.5. The lowest BCUT2D eigenvalue weighted by molar-refractivity contribution is -0.139. The number of hydrogen-bond acceptors (Lipinski definition) is 10. The Kier molecular flexibility index (Phi) is 12.9. The van der Waals surface area contributed by atoms with Gasteiger partial charge < -0.3 is 49.3 Å². The molecule has 4 atom stereocenters. The van der Waals surface area contributed by atoms with Gasteiger partial charge in [0.25, 0.3) is 0 Å². The number of aromatic amines is 2. The molecule has 3 aliphatic rings. The molecule has 64 heavy (non-hydrogen) atoms. The number of hydrogen-bond donors (Lipinski definition) is 4. The van der Waals surface area contributed by atoms with Gasteiger partial charge in [0.15, 0.2) is 0 Å². The lowest BCUT2D eigenvalue weighted by Gasteiger charge is -2.41. The van der Waals surface area contributed by atoms with Crippen LogP contribution in [0.3, 0.4) is 0 Å². The highest BCUT2D eigenvalue weighted by molar-refractivity contribution is 6.07. The molecule has 2 aromatic heterocycles. The van der Waals surface area contributed by atoms with Crippen molar-refractivity contribution in [3.05, 3.63) is 65.9 Å². The van der Waals surface area contributed by atoms with E-state index in [-0.39, 0.29) is 36.4 Å². The number of imidazole rings is 2. The van der Waals surface area contributed by atoms with Crippen molar-refractivity contribution < 1.29 is 38.1 Å². The predicted molar refractivity (Wildman–Crippen MR) is 241 cm³/mol. The molecule has 4 amide bonds. The number of methoxy groups -OCH3 is 2. The lowest BCUT2D eigenvalue weighted by atomic mass is 9.75. The van der Waals surface area contributed by atoms with Crippen LogP contribution in [0.1, 0.15) is 96.4 Å². The van der Waals surface area contributed by atoms with Crippen molar-refractivity contribution in [2.75, 3.05) is 34.0 Å². The van der Waals surface area contributed by atoms with Gasteiger partial charge in [0.1, 0.15) is 36.1 Å². The Morgan fingerprint density at radius 1 is 0.984 bits per heavy atom. The number of benzene rings is 3. The van der Waals surface area contributed by atoms with Gasteiger partial charge in [-0.3, -0.25) is 9.59 Å². The first-order valence-corrected chi connectivity index (χ1v) is 22.5. The van der Waals surface area contributed by atoms with Crippen LogP contribution in [-0.4, -0.2) is 106 Å². The van der Waals surface area contributed by atoms with Gasteiger partial charge in [-0.1, -0.05) is 52.3 Å². The minimum Gasteiger partial charge on any atom is -0.488 e. The Labute approximate surface area is 373 Å². The first-order chi connectivity index (χ1) is 30.8. The number of amides is 4. The molecule has 4 N–H and O–H groups in total. The lowest BCUT2D eigenvalue weighted by Crippen LogP contribution is -2.57. The number of carbonyl (C=O) groups excluding carboxylic acids is 4. The fourth-order valence-electron chi connectivity index (χ4n) is 9.53. The summed E-state index contributed by atoms with van der Waals surface area (Å²) in [7, 11) is 2.60. The second-order valence-corrected chi connectivity index (χ2v) is 18.1. The third kappa shape index (κ3) is 8.71. The van der Waals surface area contributed by atoms with Crippen LogP contribution in [0, 0.1) is 11.3 Å². The van der Waals surface area contributed by atoms with Gasteiger partial charge in [0.05, 0.1) is 49.7 Å². The zero-order chi connectivity index (χ0) is 45.3. The van der Waals surface area contributed by atoms with E-state index in [1.54, 1.807) is 4.90 Å². The van der Waals surface area contributed by atoms with E-state index in [1.807, 2.05) is 44.9 Å². The van der Waals surface area contributed by atoms with Crippen molar-refractivity contribution in [3.63, 3.8) is 0 Å². The molecule has 5 heterocycles. The van der Waals surface area contributed by atoms with Gasteiger partial charge in [0.2, 0.25) is 11.8 Å². The third-order valence-corrected chi connectivity index (χ3v) is 13.4. The predicted octanol–water partition coefficient (Wildman–Crippen LogP) is 7.77. The Hall–Kier alpha value is -6.16. The summed E-state index contributed by atoms with van der Waals surface area (Å²) in [6, 6.07) is 12.8. The molecule has 3 aromatic carbocycles. The summed E-state index contributed by atoms with van der Waals surface area (Å²) in [5.41, 5.74) is 6.02. The summed E-state index contributed by atoms with van der Waals surface area (Å²) in [6.07, 6.45) is 5.08. The molecule has 0 spiro atoms. The number of likely N-dealkylation sites (tertiary alicyclic amines) is 1. The molecule has 2 fully saturated rings. The molecule has 8 rings (SSSR count). The summed E-state index contributed by atoms with van der Waals surface area (Å²) < 4.78 is 21.8. The largest absolute Gasteiger partial charge is 0.488 e. The fraction of sp³-hybridized carbons (Fsp3) is 0.500. The van der Waals surface area contributed by atoms with Gasteiger partial charge in [-0.05, 0) is 91.3 Å². The number of aromatic nitrogens is 4. The van der Waals surface area contributed by atoms with Crippen LogP contribution in [-0.2, 0) is 37.0 Å². The molecule has 340 valence electrons. The number of fused-ring (bicyclic) bond motifs is 6. The molecule has 16 nitrogen and oxygen atoms in total. The SMILES string of the molecule is CCCCN(Cc1nc2c(ccc3cc4c(cc32)OCc2cc(-c3cnc([C@@H]5CC[C@H](C)N5C(=O)C(NC(=O)OC)C(C)C)[nH]3)ccc2-4)[nH]1)C(=O)[C@@H](NC(=O)OC)C1(C)CCOCC1. The summed E-state index contributed by atoms with van der Waals surface area (Å²) >= 11 is 0. The van der Waals surface area contributed by atoms with E-state index in [2.05, 4.69) is 63.9 Å². The van der Waals surface area contributed by atoms with E-state index in [4.69, 9.17) is 28.9 Å². The highest BCUT2D eigenvalue weighted by atomic mass is 16.5. The van der Waals surface area contributed by atoms with Crippen LogP contribution in [0.25, 0.3) is 44.2 Å². The quantitative estimate of drug-likeness (QED) is 0.0909. The van der Waals surface area contributed by atoms with E-state index in [9.17, 15) is 19.2 Å². The molecule has 0 radical (unpaired) electrons. The normalized spacial score (nSPS) is 18.8. The Bertz CT molecular complexity index is 2540. The zero-order valence-corrected chi connectivity index (χ0v) is 37.8. The van der Waals surface area contributed by atoms with Gasteiger partial charge in [0, 0.05) is 42.2 Å². The minimum atomic E-state index is -0.781. The molecule has 3 aliphatic heterocycles. The molecule has 0 bridgehead atoms. The van der Waals surface area contributed by atoms with E-state index in [1.165, 1.54) is 14.2 Å². The molecular weight excluding hydrogens is 817 g/mol. The standard InChI is InChI=1S/C48H60N8O8/c1-8-9-18-55(45(58)42(54-47(60)62-7)48(5)16-19-63-20-17-48)25-39-50-35-14-12-29-22-34-32-13-11-30(21-31(32)26-64-38(34)23-33(29)41(35)52-39)36-24-49-43(51-36)37-15-10-28(4)56(37)44(57)40(27(2)3)53-46(59)61-6/h11-14,21-24,27-28,37,40,42H,8-10,15-20,25-26H2,1-7H3,(H,49,51)(H,50,52)(H,53,59)(H,54,60)/t28-,37-,40?,42+/m0/s1. The molecule has 0 saturated carbocycles. The van der Waals surface area contributed by atoms with Crippen molar-refractivity contribution >= 4 is 45.8 Å². The topological polar surface area (TPSA) is 193 Å². The number of alkyl carbamates (subject to hydrolysis) is 2. The Morgan fingerprint density at radius 2 is 1.75 bits per heavy atom. The van der Waals surface area contributed by atoms with Crippen molar-refractivity contribution in [1.82, 2.24) is 40.4 Å². The number of nitrogens with one attached hydrogen (secondary N) is 4. The van der Waals surface area contributed by atoms with Gasteiger partial charge in [-0.2, -0.15) is 0 Å². The average molecular weight is 877 g/mol. The van der Waals surface area contributed by atoms with Crippen molar-refractivity contribution in [1.29, 1.82) is 0 Å². The highest BCUT2D eigenvalue weighted by Crippen LogP contribution is 2.43. The van der Waals surface area contributed by atoms with E-state index >= 15 is 0 Å². The number of H-pyrrole nitrogens is 2. The fourth-order valence-corrected chi connectivity index (χ4v) is 9.53. The van der Waals surface area contributed by atoms with Crippen LogP contribution >= 0.6 is 0 Å². The number of unbranched alkanes of at least 4 members (excludes halogenated alkanes) is 1. The van der Waals surface area contributed by atoms with Crippen molar-refractivity contribution in [3.8, 4) is 28.1 Å². The van der Waals surface area contributed by atoms with Crippen LogP contribution in [0.4, 0.5) is 9.59 Å². The number of carbonyl (C=O) groups is 4. The summed E-state index contributed by atoms with van der Waals surface area (Å²) in [4.78, 5) is 73.4. The van der Waals surface area contributed by atoms with Gasteiger partial charge in [-0.25, -0.2) is 19.6 Å². The van der Waals surface area contributed by atoms with E-state index < -0.39 is 29.7 Å². The smallest absolute Gasteiger partial charge is 0.407 e. The van der Waals surface area contributed by atoms with Crippen LogP contribution < -0.4 is 15.4 Å². The molecule has 0 aliphatic carbocycles. The monoisotopic (exact) mass is 876 g/mol. The third-order valence-electron chi connectivity index (χ3n) is 13.4. The second-order valence-electron chi connectivity index (χ2n) is 18.1. The van der Waals surface area contributed by atoms with Crippen LogP contribution in [0.15, 0.2) is 48.7 Å². The van der Waals surface area contributed by atoms with Crippen LogP contribution in [0.2, 0.25) is 0 Å². The molecule has 16 heteroatoms. The molecule has 2 saturated heterocycles. The van der Waals surface area contributed by atoms with Gasteiger partial charge >= 0.3 is 12.2 Å². The van der Waals surface area contributed by atoms with Crippen molar-refractivity contribution in [2.45, 2.75) is 110 Å². The minimum absolute atomic E-state index is 0.0195. The molecule has 1 unspecified atom stereocenters. The Morgan fingerprint density at radius 3 is 2.48 bits per heavy atom. The van der Waals surface area contributed by atoms with E-state index in [0.717, 1.165) is 81.2 Å². The maximum atomic E-state index is 14.4. The first kappa shape index (κ1) is 44.4. The van der Waals surface area contributed by atoms with Crippen molar-refractivity contribution in [2.24, 2.45) is 11.3 Å². The zero-order valence-electron chi connectivity index (χ0n) is 37.8. The number of nitrogens with zero attached hydrogens (tertiary/aromatic N) is 4. The average Bonchev–Trinajstić information content (AvgIpc) is 4.06. The number of rotatable bonds is 13. The highest BCUT2D eigenvalue weighted by Gasteiger charge is 2.44. The van der Waals surface area contributed by atoms with Crippen LogP contribution in [0.5, 0.6) is 5.75 Å². The van der Waals surface area contributed by atoms with Gasteiger partial charge in [-0.15, -0.1) is 0 Å². The maximum absolute atomic E-state index is 14.4. The summed E-state index contributed by atoms with van der Waals surface area (Å²) in [5.74, 6) is 1.66. The molecular formula is C48H60N8O8. The second kappa shape index (κ2) is 18.5. The molecule has 5 aromatic rings. The Balaban J connectivity index is 1.03. The maximum Gasteiger partial charge on any atom is 0.407 e. The summed E-state index contributed by atoms with van der Waals surface area (Å²) in [6.45, 7) is 12.1.